The summed E-state index contributed by atoms with van der Waals surface area (Å²) in [5, 5.41) is 0.977. The molecule has 1 nitrogen and oxygen atoms in total. The molecule has 1 atom stereocenters. The van der Waals surface area contributed by atoms with Crippen LogP contribution in [0.25, 0.3) is 21.9 Å². The van der Waals surface area contributed by atoms with Crippen LogP contribution in [0.3, 0.4) is 0 Å². The molecule has 2 heterocycles. The average Bonchev–Trinajstić information content (AvgIpc) is 2.93. The number of halogens is 1. The molecule has 0 N–H and O–H groups in total. The summed E-state index contributed by atoms with van der Waals surface area (Å²) in [6.45, 7) is 0. The van der Waals surface area contributed by atoms with E-state index in [-0.39, 0.29) is 0 Å². The second-order valence-corrected chi connectivity index (χ2v) is 6.07. The second-order valence-electron chi connectivity index (χ2n) is 3.87. The van der Waals surface area contributed by atoms with E-state index < -0.39 is 6.17 Å². The molecule has 0 amide bonds. The lowest BCUT2D eigenvalue weighted by Crippen LogP contribution is -2.23. The maximum atomic E-state index is 13.2. The van der Waals surface area contributed by atoms with Crippen LogP contribution in [0.15, 0.2) is 18.2 Å². The quantitative estimate of drug-likeness (QED) is 0.762. The van der Waals surface area contributed by atoms with Gasteiger partial charge in [0.05, 0.1) is 4.88 Å². The molecule has 1 unspecified atom stereocenters. The lowest BCUT2D eigenvalue weighted by molar-refractivity contribution is 0.112. The highest BCUT2D eigenvalue weighted by atomic mass is 32.1. The monoisotopic (exact) mass is 264 g/mol. The number of alkyl halides is 1. The van der Waals surface area contributed by atoms with Crippen LogP contribution >= 0.6 is 22.7 Å². The Balaban J connectivity index is 2.12. The zero-order chi connectivity index (χ0) is 11.8. The maximum absolute atomic E-state index is 13.2. The molecule has 4 heteroatoms. The van der Waals surface area contributed by atoms with E-state index in [4.69, 9.17) is 0 Å². The number of aldehydes is 1. The highest BCUT2D eigenvalue weighted by Gasteiger charge is 2.10. The molecule has 1 aliphatic carbocycles. The zero-order valence-corrected chi connectivity index (χ0v) is 10.5. The number of rotatable bonds is 2. The summed E-state index contributed by atoms with van der Waals surface area (Å²) in [7, 11) is 0. The Morgan fingerprint density at radius 3 is 2.94 bits per heavy atom. The van der Waals surface area contributed by atoms with Gasteiger partial charge in [0.15, 0.2) is 6.29 Å². The molecule has 0 spiro atoms. The van der Waals surface area contributed by atoms with Gasteiger partial charge in [0.25, 0.3) is 0 Å². The van der Waals surface area contributed by atoms with E-state index in [1.165, 1.54) is 11.3 Å². The molecule has 0 saturated heterocycles. The summed E-state index contributed by atoms with van der Waals surface area (Å²) < 4.78 is 14.3. The lowest BCUT2D eigenvalue weighted by Gasteiger charge is -1.99. The summed E-state index contributed by atoms with van der Waals surface area (Å²) in [4.78, 5) is 13.5. The summed E-state index contributed by atoms with van der Waals surface area (Å²) in [5.41, 5.74) is 0. The molecule has 0 saturated carbocycles. The first kappa shape index (κ1) is 10.9. The first-order valence-electron chi connectivity index (χ1n) is 5.27. The number of hydrogen-bond acceptors (Lipinski definition) is 3. The number of fused-ring (bicyclic) bond motifs is 1. The van der Waals surface area contributed by atoms with Crippen molar-refractivity contribution in [2.45, 2.75) is 12.6 Å². The average molecular weight is 264 g/mol. The highest BCUT2D eigenvalue weighted by molar-refractivity contribution is 7.22. The summed E-state index contributed by atoms with van der Waals surface area (Å²) in [6, 6.07) is 5.76. The Hall–Kier alpha value is -1.26. The summed E-state index contributed by atoms with van der Waals surface area (Å²) in [5.74, 6) is 0. The van der Waals surface area contributed by atoms with Crippen molar-refractivity contribution in [1.82, 2.24) is 0 Å². The molecule has 2 aromatic rings. The SMILES string of the molecule is O=Cc1ccc(-c2cc3c(s2)=CCC(F)C=3)s1. The molecule has 3 rings (SSSR count). The van der Waals surface area contributed by atoms with Crippen LogP contribution in [0, 0.1) is 0 Å². The van der Waals surface area contributed by atoms with Crippen molar-refractivity contribution in [2.75, 3.05) is 0 Å². The lowest BCUT2D eigenvalue weighted by atomic mass is 10.1. The van der Waals surface area contributed by atoms with Crippen LogP contribution in [0.5, 0.6) is 0 Å². The molecule has 2 aromatic heterocycles. The third-order valence-corrected chi connectivity index (χ3v) is 5.02. The minimum Gasteiger partial charge on any atom is -0.297 e. The van der Waals surface area contributed by atoms with Crippen molar-refractivity contribution in [2.24, 2.45) is 0 Å². The largest absolute Gasteiger partial charge is 0.297 e. The van der Waals surface area contributed by atoms with Gasteiger partial charge in [0.1, 0.15) is 6.17 Å². The van der Waals surface area contributed by atoms with Gasteiger partial charge >= 0.3 is 0 Å². The fraction of sp³-hybridized carbons (Fsp3) is 0.154. The van der Waals surface area contributed by atoms with E-state index in [1.54, 1.807) is 17.4 Å². The molecular formula is C13H9FOS2. The molecular weight excluding hydrogens is 255 g/mol. The number of carbonyl (C=O) groups excluding carboxylic acids is 1. The van der Waals surface area contributed by atoms with Gasteiger partial charge in [-0.1, -0.05) is 6.08 Å². The predicted molar refractivity (Wildman–Crippen MR) is 70.7 cm³/mol. The molecule has 0 aromatic carbocycles. The number of carbonyl (C=O) groups is 1. The molecule has 0 fully saturated rings. The first-order chi connectivity index (χ1) is 8.26. The normalized spacial score (nSPS) is 18.1. The van der Waals surface area contributed by atoms with Crippen molar-refractivity contribution in [3.05, 3.63) is 32.8 Å². The first-order valence-corrected chi connectivity index (χ1v) is 6.91. The third-order valence-electron chi connectivity index (χ3n) is 2.67. The van der Waals surface area contributed by atoms with E-state index in [9.17, 15) is 9.18 Å². The van der Waals surface area contributed by atoms with E-state index in [0.717, 1.165) is 30.7 Å². The van der Waals surface area contributed by atoms with Gasteiger partial charge in [0.2, 0.25) is 0 Å². The fourth-order valence-electron chi connectivity index (χ4n) is 1.86. The molecule has 0 bridgehead atoms. The fourth-order valence-corrected chi connectivity index (χ4v) is 3.86. The van der Waals surface area contributed by atoms with Crippen LogP contribution in [0.2, 0.25) is 0 Å². The molecule has 1 aliphatic rings. The van der Waals surface area contributed by atoms with Gasteiger partial charge in [0, 0.05) is 20.7 Å². The van der Waals surface area contributed by atoms with Crippen molar-refractivity contribution in [3.63, 3.8) is 0 Å². The van der Waals surface area contributed by atoms with Gasteiger partial charge in [-0.2, -0.15) is 0 Å². The maximum Gasteiger partial charge on any atom is 0.160 e. The van der Waals surface area contributed by atoms with Crippen molar-refractivity contribution in [1.29, 1.82) is 0 Å². The molecule has 0 radical (unpaired) electrons. The Labute approximate surface area is 106 Å². The van der Waals surface area contributed by atoms with Gasteiger partial charge < -0.3 is 0 Å². The minimum absolute atomic E-state index is 0.469. The van der Waals surface area contributed by atoms with E-state index >= 15 is 0 Å². The number of thiophene rings is 2. The Bertz CT molecular complexity index is 681. The predicted octanol–water partition coefficient (Wildman–Crippen LogP) is 2.59. The van der Waals surface area contributed by atoms with Gasteiger partial charge in [-0.05, 0) is 29.5 Å². The Kier molecular flexibility index (Phi) is 2.68. The Morgan fingerprint density at radius 2 is 2.18 bits per heavy atom. The van der Waals surface area contributed by atoms with Crippen molar-refractivity contribution >= 4 is 41.1 Å². The van der Waals surface area contributed by atoms with E-state index in [2.05, 4.69) is 0 Å². The van der Waals surface area contributed by atoms with Crippen LogP contribution in [-0.2, 0) is 0 Å². The van der Waals surface area contributed by atoms with Gasteiger partial charge in [-0.3, -0.25) is 4.79 Å². The third kappa shape index (κ3) is 1.98. The smallest absolute Gasteiger partial charge is 0.160 e. The summed E-state index contributed by atoms with van der Waals surface area (Å²) in [6.07, 6.45) is 4.08. The second kappa shape index (κ2) is 4.20. The standard InChI is InChI=1S/C13H9FOS2/c14-9-1-3-11-8(5-9)6-13(17-11)12-4-2-10(7-15)16-12/h2-7,9H,1H2. The van der Waals surface area contributed by atoms with Crippen LogP contribution in [0.4, 0.5) is 4.39 Å². The van der Waals surface area contributed by atoms with Crippen molar-refractivity contribution < 1.29 is 9.18 Å². The van der Waals surface area contributed by atoms with Crippen LogP contribution in [-0.4, -0.2) is 12.5 Å². The number of hydrogen-bond donors (Lipinski definition) is 0. The van der Waals surface area contributed by atoms with E-state index in [0.29, 0.717) is 6.42 Å². The zero-order valence-electron chi connectivity index (χ0n) is 8.85. The summed E-state index contributed by atoms with van der Waals surface area (Å²) >= 11 is 3.13. The van der Waals surface area contributed by atoms with Gasteiger partial charge in [-0.15, -0.1) is 22.7 Å². The Morgan fingerprint density at radius 1 is 1.29 bits per heavy atom. The van der Waals surface area contributed by atoms with Gasteiger partial charge in [-0.25, -0.2) is 4.39 Å². The molecule has 0 aliphatic heterocycles. The highest BCUT2D eigenvalue weighted by Crippen LogP contribution is 2.28. The van der Waals surface area contributed by atoms with Crippen LogP contribution in [0.1, 0.15) is 16.1 Å². The minimum atomic E-state index is -0.862. The van der Waals surface area contributed by atoms with E-state index in [1.807, 2.05) is 24.3 Å². The van der Waals surface area contributed by atoms with Crippen LogP contribution < -0.4 is 9.75 Å². The topological polar surface area (TPSA) is 17.1 Å². The molecule has 17 heavy (non-hydrogen) atoms. The van der Waals surface area contributed by atoms with Crippen molar-refractivity contribution in [3.8, 4) is 9.75 Å². The molecule has 86 valence electrons.